The van der Waals surface area contributed by atoms with Crippen molar-refractivity contribution in [1.29, 1.82) is 0 Å². The first kappa shape index (κ1) is 75.3. The van der Waals surface area contributed by atoms with Crippen molar-refractivity contribution in [3.8, 4) is 0 Å². The Hall–Kier alpha value is -1.66. The van der Waals surface area contributed by atoms with Crippen LogP contribution < -0.4 is 5.32 Å². The smallest absolute Gasteiger partial charge is 0.305 e. The first-order valence-corrected chi connectivity index (χ1v) is 35.1. The number of aliphatic hydroxyl groups is 2. The van der Waals surface area contributed by atoms with Crippen molar-refractivity contribution in [2.24, 2.45) is 0 Å². The Morgan fingerprint density at radius 1 is 0.364 bits per heavy atom. The number of amides is 1. The van der Waals surface area contributed by atoms with Crippen LogP contribution in [0.15, 0.2) is 24.3 Å². The number of carbonyl (C=O) groups excluding carboxylic acids is 2. The predicted molar refractivity (Wildman–Crippen MR) is 338 cm³/mol. The minimum atomic E-state index is -0.665. The maximum atomic E-state index is 12.6. The van der Waals surface area contributed by atoms with E-state index in [1.165, 1.54) is 308 Å². The van der Waals surface area contributed by atoms with Gasteiger partial charge in [-0.05, 0) is 51.4 Å². The van der Waals surface area contributed by atoms with Gasteiger partial charge in [0.25, 0.3) is 0 Å². The number of aliphatic hydroxyl groups excluding tert-OH is 2. The molecule has 2 unspecified atom stereocenters. The molecule has 3 N–H and O–H groups in total. The number of hydrogen-bond donors (Lipinski definition) is 3. The molecule has 0 aromatic carbocycles. The van der Waals surface area contributed by atoms with Gasteiger partial charge >= 0.3 is 5.97 Å². The van der Waals surface area contributed by atoms with Crippen LogP contribution in [0.2, 0.25) is 0 Å². The fourth-order valence-electron chi connectivity index (χ4n) is 11.2. The van der Waals surface area contributed by atoms with Crippen LogP contribution in [0.5, 0.6) is 0 Å². The highest BCUT2D eigenvalue weighted by Gasteiger charge is 2.20. The SMILES string of the molecule is CCC/C=C\C/C=C\CCCCCCCC(=O)OCCCCCCCCCCCCCCCCCCCCCCCCCCC(=O)NC(CO)C(O)CCCCCCCCCCCCCCCCCCCCCCCCC. The Morgan fingerprint density at radius 2 is 0.675 bits per heavy atom. The number of esters is 1. The van der Waals surface area contributed by atoms with Gasteiger partial charge in [-0.1, -0.05) is 353 Å². The van der Waals surface area contributed by atoms with Gasteiger partial charge in [0.1, 0.15) is 0 Å². The van der Waals surface area contributed by atoms with Gasteiger partial charge in [0.05, 0.1) is 25.4 Å². The molecule has 0 rings (SSSR count). The molecule has 0 aliphatic carbocycles. The maximum absolute atomic E-state index is 12.6. The van der Waals surface area contributed by atoms with Gasteiger partial charge < -0.3 is 20.3 Å². The lowest BCUT2D eigenvalue weighted by Crippen LogP contribution is -2.45. The quantitative estimate of drug-likeness (QED) is 0.0320. The minimum absolute atomic E-state index is 0.000910. The van der Waals surface area contributed by atoms with Gasteiger partial charge in [-0.2, -0.15) is 0 Å². The summed E-state index contributed by atoms with van der Waals surface area (Å²) in [5, 5.41) is 23.4. The zero-order valence-electron chi connectivity index (χ0n) is 52.2. The summed E-state index contributed by atoms with van der Waals surface area (Å²) in [4.78, 5) is 24.6. The normalized spacial score (nSPS) is 12.6. The summed E-state index contributed by atoms with van der Waals surface area (Å²) < 4.78 is 5.47. The lowest BCUT2D eigenvalue weighted by atomic mass is 10.0. The topological polar surface area (TPSA) is 95.9 Å². The fraction of sp³-hybridized carbons (Fsp3) is 0.915. The summed E-state index contributed by atoms with van der Waals surface area (Å²) in [6, 6.07) is -0.542. The molecule has 0 saturated carbocycles. The molecule has 0 radical (unpaired) electrons. The van der Waals surface area contributed by atoms with E-state index in [-0.39, 0.29) is 18.5 Å². The number of carbonyl (C=O) groups is 2. The van der Waals surface area contributed by atoms with Gasteiger partial charge in [0.15, 0.2) is 0 Å². The molecular weight excluding hydrogens is 947 g/mol. The van der Waals surface area contributed by atoms with Crippen LogP contribution in [-0.4, -0.2) is 47.4 Å². The van der Waals surface area contributed by atoms with Crippen LogP contribution in [0.3, 0.4) is 0 Å². The van der Waals surface area contributed by atoms with Crippen molar-refractivity contribution < 1.29 is 24.5 Å². The molecule has 77 heavy (non-hydrogen) atoms. The van der Waals surface area contributed by atoms with Crippen LogP contribution >= 0.6 is 0 Å². The highest BCUT2D eigenvalue weighted by atomic mass is 16.5. The lowest BCUT2D eigenvalue weighted by molar-refractivity contribution is -0.143. The average Bonchev–Trinajstić information content (AvgIpc) is 3.43. The van der Waals surface area contributed by atoms with Gasteiger partial charge in [-0.25, -0.2) is 0 Å². The van der Waals surface area contributed by atoms with E-state index >= 15 is 0 Å². The van der Waals surface area contributed by atoms with Crippen molar-refractivity contribution in [1.82, 2.24) is 5.32 Å². The molecular formula is C71H137NO5. The molecule has 2 atom stereocenters. The second kappa shape index (κ2) is 66.8. The molecule has 6 heteroatoms. The first-order valence-electron chi connectivity index (χ1n) is 35.1. The van der Waals surface area contributed by atoms with Crippen molar-refractivity contribution in [2.45, 2.75) is 405 Å². The molecule has 0 heterocycles. The maximum Gasteiger partial charge on any atom is 0.305 e. The van der Waals surface area contributed by atoms with Gasteiger partial charge in [-0.3, -0.25) is 9.59 Å². The number of hydrogen-bond acceptors (Lipinski definition) is 5. The number of nitrogens with one attached hydrogen (secondary N) is 1. The number of allylic oxidation sites excluding steroid dienone is 4. The fourth-order valence-corrected chi connectivity index (χ4v) is 11.2. The third-order valence-electron chi connectivity index (χ3n) is 16.5. The first-order chi connectivity index (χ1) is 38.0. The van der Waals surface area contributed by atoms with Crippen LogP contribution in [-0.2, 0) is 14.3 Å². The van der Waals surface area contributed by atoms with Crippen molar-refractivity contribution in [3.63, 3.8) is 0 Å². The third-order valence-corrected chi connectivity index (χ3v) is 16.5. The Labute approximate surface area is 481 Å². The standard InChI is InChI=1S/C71H137NO5/c1-3-5-7-9-11-13-15-17-18-19-20-21-24-27-30-33-36-40-43-47-51-55-59-63-69(74)68(67-73)72-70(75)64-60-56-52-48-44-41-37-34-31-28-25-22-23-26-29-32-35-38-42-46-50-54-58-62-66-77-71(76)65-61-57-53-49-45-39-16-14-12-10-8-6-4-2/h8,10,14,16,68-69,73-74H,3-7,9,11-13,15,17-67H2,1-2H3,(H,72,75)/b10-8-,16-14-. The van der Waals surface area contributed by atoms with Crippen molar-refractivity contribution in [3.05, 3.63) is 24.3 Å². The summed E-state index contributed by atoms with van der Waals surface area (Å²) in [5.41, 5.74) is 0. The molecule has 0 saturated heterocycles. The lowest BCUT2D eigenvalue weighted by Gasteiger charge is -2.22. The molecule has 0 aromatic rings. The molecule has 0 aliphatic heterocycles. The third kappa shape index (κ3) is 63.4. The van der Waals surface area contributed by atoms with E-state index in [2.05, 4.69) is 43.5 Å². The monoisotopic (exact) mass is 1080 g/mol. The Kier molecular flexibility index (Phi) is 65.4. The second-order valence-corrected chi connectivity index (χ2v) is 24.2. The number of rotatable bonds is 66. The summed E-state index contributed by atoms with van der Waals surface area (Å²) in [7, 11) is 0. The molecule has 0 fully saturated rings. The number of ether oxygens (including phenoxy) is 1. The summed E-state index contributed by atoms with van der Waals surface area (Å²) in [6.07, 6.45) is 83.6. The Bertz CT molecular complexity index is 1200. The summed E-state index contributed by atoms with van der Waals surface area (Å²) in [5.74, 6) is -0.0283. The minimum Gasteiger partial charge on any atom is -0.466 e. The van der Waals surface area contributed by atoms with Gasteiger partial charge in [-0.15, -0.1) is 0 Å². The average molecular weight is 1080 g/mol. The zero-order chi connectivity index (χ0) is 55.7. The summed E-state index contributed by atoms with van der Waals surface area (Å²) in [6.45, 7) is 4.92. The van der Waals surface area contributed by atoms with E-state index in [1.807, 2.05) is 0 Å². The summed E-state index contributed by atoms with van der Waals surface area (Å²) >= 11 is 0. The molecule has 456 valence electrons. The molecule has 0 spiro atoms. The van der Waals surface area contributed by atoms with Gasteiger partial charge in [0, 0.05) is 12.8 Å². The predicted octanol–water partition coefficient (Wildman–Crippen LogP) is 22.5. The highest BCUT2D eigenvalue weighted by molar-refractivity contribution is 5.76. The van der Waals surface area contributed by atoms with E-state index in [0.717, 1.165) is 51.4 Å². The molecule has 0 bridgehead atoms. The molecule has 0 aliphatic rings. The molecule has 1 amide bonds. The molecule has 0 aromatic heterocycles. The largest absolute Gasteiger partial charge is 0.466 e. The number of unbranched alkanes of at least 4 members (excludes halogenated alkanes) is 51. The second-order valence-electron chi connectivity index (χ2n) is 24.2. The van der Waals surface area contributed by atoms with E-state index in [1.54, 1.807) is 0 Å². The van der Waals surface area contributed by atoms with Crippen LogP contribution in [0.4, 0.5) is 0 Å². The van der Waals surface area contributed by atoms with Crippen LogP contribution in [0, 0.1) is 0 Å². The van der Waals surface area contributed by atoms with E-state index < -0.39 is 12.1 Å². The van der Waals surface area contributed by atoms with Gasteiger partial charge in [0.2, 0.25) is 5.91 Å². The van der Waals surface area contributed by atoms with Crippen LogP contribution in [0.25, 0.3) is 0 Å². The highest BCUT2D eigenvalue weighted by Crippen LogP contribution is 2.19. The van der Waals surface area contributed by atoms with E-state index in [0.29, 0.717) is 25.9 Å². The van der Waals surface area contributed by atoms with Crippen molar-refractivity contribution in [2.75, 3.05) is 13.2 Å². The zero-order valence-corrected chi connectivity index (χ0v) is 52.2. The Morgan fingerprint density at radius 3 is 1.04 bits per heavy atom. The van der Waals surface area contributed by atoms with E-state index in [9.17, 15) is 19.8 Å². The van der Waals surface area contributed by atoms with Crippen LogP contribution in [0.1, 0.15) is 393 Å². The molecule has 6 nitrogen and oxygen atoms in total. The van der Waals surface area contributed by atoms with E-state index in [4.69, 9.17) is 4.74 Å². The Balaban J connectivity index is 3.37. The van der Waals surface area contributed by atoms with Crippen molar-refractivity contribution >= 4 is 11.9 Å².